The van der Waals surface area contributed by atoms with Gasteiger partial charge in [-0.2, -0.15) is 0 Å². The van der Waals surface area contributed by atoms with Crippen LogP contribution in [0.5, 0.6) is 0 Å². The van der Waals surface area contributed by atoms with Gasteiger partial charge in [0.25, 0.3) is 0 Å². The Morgan fingerprint density at radius 2 is 2.00 bits per heavy atom. The Balaban J connectivity index is 3.29. The first-order chi connectivity index (χ1) is 5.31. The van der Waals surface area contributed by atoms with Crippen LogP contribution in [-0.4, -0.2) is 11.2 Å². The molecule has 1 N–H and O–H groups in total. The Labute approximate surface area is 69.8 Å². The second kappa shape index (κ2) is 7.63. The molecule has 11 heavy (non-hydrogen) atoms. The first-order valence-corrected chi connectivity index (χ1v) is 4.47. The van der Waals surface area contributed by atoms with E-state index in [0.717, 1.165) is 19.3 Å². The third kappa shape index (κ3) is 7.42. The predicted octanol–water partition coefficient (Wildman–Crippen LogP) is 2.34. The molecule has 0 aliphatic rings. The summed E-state index contributed by atoms with van der Waals surface area (Å²) in [5, 5.41) is 9.23. The van der Waals surface area contributed by atoms with Crippen LogP contribution in [0, 0.1) is 11.8 Å². The van der Waals surface area contributed by atoms with Gasteiger partial charge >= 0.3 is 0 Å². The lowest BCUT2D eigenvalue weighted by Crippen LogP contribution is -2.01. The molecule has 64 valence electrons. The summed E-state index contributed by atoms with van der Waals surface area (Å²) in [7, 11) is 0. The van der Waals surface area contributed by atoms with Gasteiger partial charge in [-0.3, -0.25) is 0 Å². The molecule has 0 aromatic carbocycles. The summed E-state index contributed by atoms with van der Waals surface area (Å²) in [6.07, 6.45) is 4.78. The quantitative estimate of drug-likeness (QED) is 0.487. The number of hydrogen-bond acceptors (Lipinski definition) is 1. The maximum absolute atomic E-state index is 9.23. The number of rotatable bonds is 4. The van der Waals surface area contributed by atoms with Crippen LogP contribution in [0.3, 0.4) is 0 Å². The smallest absolute Gasteiger partial charge is 0.114 e. The normalized spacial score (nSPS) is 11.9. The number of aliphatic hydroxyl groups excluding tert-OH is 1. The zero-order valence-corrected chi connectivity index (χ0v) is 7.56. The predicted molar refractivity (Wildman–Crippen MR) is 48.2 cm³/mol. The van der Waals surface area contributed by atoms with E-state index in [-0.39, 0.29) is 6.10 Å². The topological polar surface area (TPSA) is 20.2 Å². The van der Waals surface area contributed by atoms with Gasteiger partial charge < -0.3 is 5.11 Å². The molecule has 1 heteroatoms. The summed E-state index contributed by atoms with van der Waals surface area (Å²) in [6.45, 7) is 4.15. The van der Waals surface area contributed by atoms with Crippen molar-refractivity contribution in [2.45, 2.75) is 52.1 Å². The molecule has 0 bridgehead atoms. The van der Waals surface area contributed by atoms with Crippen LogP contribution < -0.4 is 0 Å². The molecule has 0 aromatic rings. The maximum atomic E-state index is 9.23. The molecule has 0 aliphatic carbocycles. The molecule has 0 heterocycles. The molecule has 0 aromatic heterocycles. The first-order valence-electron chi connectivity index (χ1n) is 4.47. The Morgan fingerprint density at radius 1 is 1.27 bits per heavy atom. The van der Waals surface area contributed by atoms with E-state index in [1.807, 2.05) is 6.92 Å². The third-order valence-corrected chi connectivity index (χ3v) is 1.53. The van der Waals surface area contributed by atoms with Crippen LogP contribution in [0.4, 0.5) is 0 Å². The lowest BCUT2D eigenvalue weighted by Gasteiger charge is -2.00. The van der Waals surface area contributed by atoms with Gasteiger partial charge in [0.05, 0.1) is 0 Å². The van der Waals surface area contributed by atoms with Crippen molar-refractivity contribution in [3.8, 4) is 11.8 Å². The van der Waals surface area contributed by atoms with Crippen LogP contribution in [0.1, 0.15) is 46.0 Å². The fraction of sp³-hybridized carbons (Fsp3) is 0.800. The van der Waals surface area contributed by atoms with Gasteiger partial charge in [0, 0.05) is 6.42 Å². The summed E-state index contributed by atoms with van der Waals surface area (Å²) in [6, 6.07) is 0. The SMILES string of the molecule is CCC#C[C@@H](O)CCCCC. The molecule has 0 spiro atoms. The largest absolute Gasteiger partial charge is 0.380 e. The van der Waals surface area contributed by atoms with E-state index in [9.17, 15) is 5.11 Å². The van der Waals surface area contributed by atoms with Crippen molar-refractivity contribution in [2.24, 2.45) is 0 Å². The molecule has 0 radical (unpaired) electrons. The molecular formula is C10H18O. The third-order valence-electron chi connectivity index (χ3n) is 1.53. The minimum Gasteiger partial charge on any atom is -0.380 e. The van der Waals surface area contributed by atoms with Gasteiger partial charge in [0.2, 0.25) is 0 Å². The highest BCUT2D eigenvalue weighted by atomic mass is 16.3. The second-order valence-corrected chi connectivity index (χ2v) is 2.69. The fourth-order valence-corrected chi connectivity index (χ4v) is 0.880. The highest BCUT2D eigenvalue weighted by Crippen LogP contribution is 2.01. The first kappa shape index (κ1) is 10.5. The lowest BCUT2D eigenvalue weighted by molar-refractivity contribution is 0.217. The van der Waals surface area contributed by atoms with Crippen LogP contribution in [0.25, 0.3) is 0 Å². The summed E-state index contributed by atoms with van der Waals surface area (Å²) in [4.78, 5) is 0. The monoisotopic (exact) mass is 154 g/mol. The van der Waals surface area contributed by atoms with Gasteiger partial charge in [-0.15, -0.1) is 5.92 Å². The van der Waals surface area contributed by atoms with E-state index < -0.39 is 0 Å². The summed E-state index contributed by atoms with van der Waals surface area (Å²) < 4.78 is 0. The van der Waals surface area contributed by atoms with E-state index in [1.54, 1.807) is 0 Å². The van der Waals surface area contributed by atoms with Gasteiger partial charge in [-0.1, -0.05) is 32.6 Å². The van der Waals surface area contributed by atoms with E-state index in [4.69, 9.17) is 0 Å². The van der Waals surface area contributed by atoms with Gasteiger partial charge in [0.15, 0.2) is 0 Å². The molecule has 0 fully saturated rings. The molecule has 0 amide bonds. The molecule has 0 saturated heterocycles. The lowest BCUT2D eigenvalue weighted by atomic mass is 10.1. The van der Waals surface area contributed by atoms with Crippen molar-refractivity contribution in [3.63, 3.8) is 0 Å². The molecule has 1 nitrogen and oxygen atoms in total. The Morgan fingerprint density at radius 3 is 2.55 bits per heavy atom. The minimum atomic E-state index is -0.388. The van der Waals surface area contributed by atoms with Crippen LogP contribution in [-0.2, 0) is 0 Å². The number of hydrogen-bond donors (Lipinski definition) is 1. The van der Waals surface area contributed by atoms with E-state index in [0.29, 0.717) is 0 Å². The zero-order chi connectivity index (χ0) is 8.53. The molecule has 0 unspecified atom stereocenters. The van der Waals surface area contributed by atoms with Gasteiger partial charge in [0.1, 0.15) is 6.10 Å². The zero-order valence-electron chi connectivity index (χ0n) is 7.56. The van der Waals surface area contributed by atoms with E-state index in [2.05, 4.69) is 18.8 Å². The highest BCUT2D eigenvalue weighted by Gasteiger charge is 1.96. The molecule has 0 saturated carbocycles. The number of unbranched alkanes of at least 4 members (excludes halogenated alkanes) is 2. The molecule has 1 atom stereocenters. The average Bonchev–Trinajstić information content (AvgIpc) is 2.01. The molecule has 0 rings (SSSR count). The average molecular weight is 154 g/mol. The summed E-state index contributed by atoms with van der Waals surface area (Å²) in [5.41, 5.74) is 0. The summed E-state index contributed by atoms with van der Waals surface area (Å²) in [5.74, 6) is 5.67. The van der Waals surface area contributed by atoms with Crippen LogP contribution >= 0.6 is 0 Å². The number of aliphatic hydroxyl groups is 1. The Kier molecular flexibility index (Phi) is 7.29. The molecule has 0 aliphatic heterocycles. The minimum absolute atomic E-state index is 0.388. The van der Waals surface area contributed by atoms with Crippen molar-refractivity contribution in [3.05, 3.63) is 0 Å². The van der Waals surface area contributed by atoms with Crippen molar-refractivity contribution in [1.29, 1.82) is 0 Å². The van der Waals surface area contributed by atoms with Gasteiger partial charge in [-0.25, -0.2) is 0 Å². The summed E-state index contributed by atoms with van der Waals surface area (Å²) >= 11 is 0. The highest BCUT2D eigenvalue weighted by molar-refractivity contribution is 5.03. The van der Waals surface area contributed by atoms with E-state index in [1.165, 1.54) is 12.8 Å². The standard InChI is InChI=1S/C10H18O/c1-3-5-7-9-10(11)8-6-4-2/h10-11H,3-5,7,9H2,1-2H3/t10-/m1/s1. The van der Waals surface area contributed by atoms with Crippen molar-refractivity contribution >= 4 is 0 Å². The van der Waals surface area contributed by atoms with Gasteiger partial charge in [-0.05, 0) is 12.8 Å². The Bertz CT molecular complexity index is 130. The van der Waals surface area contributed by atoms with Crippen LogP contribution in [0.15, 0.2) is 0 Å². The van der Waals surface area contributed by atoms with Crippen molar-refractivity contribution in [1.82, 2.24) is 0 Å². The second-order valence-electron chi connectivity index (χ2n) is 2.69. The maximum Gasteiger partial charge on any atom is 0.114 e. The van der Waals surface area contributed by atoms with Crippen LogP contribution in [0.2, 0.25) is 0 Å². The van der Waals surface area contributed by atoms with Crippen molar-refractivity contribution in [2.75, 3.05) is 0 Å². The van der Waals surface area contributed by atoms with Crippen molar-refractivity contribution < 1.29 is 5.11 Å². The van der Waals surface area contributed by atoms with E-state index >= 15 is 0 Å². The fourth-order valence-electron chi connectivity index (χ4n) is 0.880. The molecular weight excluding hydrogens is 136 g/mol. The Hall–Kier alpha value is -0.480.